The summed E-state index contributed by atoms with van der Waals surface area (Å²) in [7, 11) is 1.27. The Kier molecular flexibility index (Phi) is 6.48. The Hall–Kier alpha value is -3.24. The maximum atomic E-state index is 12.7. The zero-order valence-electron chi connectivity index (χ0n) is 16.3. The number of nitrogens with one attached hydrogen (secondary N) is 1. The number of hydrogen-bond donors (Lipinski definition) is 1. The van der Waals surface area contributed by atoms with E-state index >= 15 is 0 Å². The molecule has 0 saturated carbocycles. The van der Waals surface area contributed by atoms with E-state index in [-0.39, 0.29) is 16.8 Å². The van der Waals surface area contributed by atoms with Gasteiger partial charge in [0.25, 0.3) is 11.6 Å². The molecule has 2 aromatic carbocycles. The average molecular weight is 444 g/mol. The largest absolute Gasteiger partial charge is 0.465 e. The monoisotopic (exact) mass is 443 g/mol. The summed E-state index contributed by atoms with van der Waals surface area (Å²) in [5.74, 6) is -1.05. The van der Waals surface area contributed by atoms with E-state index in [9.17, 15) is 19.7 Å². The van der Waals surface area contributed by atoms with Crippen molar-refractivity contribution in [2.45, 2.75) is 23.1 Å². The number of carbonyl (C=O) groups excluding carboxylic acids is 2. The van der Waals surface area contributed by atoms with E-state index in [2.05, 4.69) is 10.3 Å². The second-order valence-electron chi connectivity index (χ2n) is 6.27. The van der Waals surface area contributed by atoms with Gasteiger partial charge in [-0.1, -0.05) is 17.8 Å². The van der Waals surface area contributed by atoms with Crippen molar-refractivity contribution in [2.75, 3.05) is 12.4 Å². The molecule has 0 atom stereocenters. The fourth-order valence-electron chi connectivity index (χ4n) is 2.56. The van der Waals surface area contributed by atoms with E-state index in [0.29, 0.717) is 14.9 Å². The maximum absolute atomic E-state index is 12.7. The van der Waals surface area contributed by atoms with Crippen LogP contribution in [0.3, 0.4) is 0 Å². The lowest BCUT2D eigenvalue weighted by atomic mass is 10.1. The number of nitro benzene ring substituents is 1. The first kappa shape index (κ1) is 21.5. The number of aromatic nitrogens is 1. The van der Waals surface area contributed by atoms with Crippen LogP contribution in [0.25, 0.3) is 0 Å². The minimum absolute atomic E-state index is 0.129. The summed E-state index contributed by atoms with van der Waals surface area (Å²) in [6.45, 7) is 3.62. The first-order chi connectivity index (χ1) is 14.3. The van der Waals surface area contributed by atoms with E-state index in [1.807, 2.05) is 12.3 Å². The lowest BCUT2D eigenvalue weighted by Gasteiger charge is -2.10. The van der Waals surface area contributed by atoms with E-state index in [0.717, 1.165) is 11.3 Å². The van der Waals surface area contributed by atoms with E-state index in [1.54, 1.807) is 19.1 Å². The Morgan fingerprint density at radius 2 is 1.90 bits per heavy atom. The molecule has 8 nitrogen and oxygen atoms in total. The third-order valence-corrected chi connectivity index (χ3v) is 6.24. The highest BCUT2D eigenvalue weighted by Crippen LogP contribution is 2.37. The minimum Gasteiger partial charge on any atom is -0.465 e. The second-order valence-corrected chi connectivity index (χ2v) is 8.42. The molecule has 0 bridgehead atoms. The first-order valence-corrected chi connectivity index (χ1v) is 10.4. The van der Waals surface area contributed by atoms with Gasteiger partial charge in [-0.3, -0.25) is 14.9 Å². The smallest absolute Gasteiger partial charge is 0.337 e. The van der Waals surface area contributed by atoms with Crippen LogP contribution in [0, 0.1) is 24.0 Å². The number of benzene rings is 2. The number of rotatable bonds is 6. The summed E-state index contributed by atoms with van der Waals surface area (Å²) in [4.78, 5) is 40.1. The van der Waals surface area contributed by atoms with Crippen LogP contribution in [0.4, 0.5) is 11.4 Å². The summed E-state index contributed by atoms with van der Waals surface area (Å²) in [5.41, 5.74) is 2.23. The first-order valence-electron chi connectivity index (χ1n) is 8.67. The number of methoxy groups -OCH3 is 1. The Morgan fingerprint density at radius 1 is 1.17 bits per heavy atom. The molecule has 10 heteroatoms. The molecule has 1 amide bonds. The van der Waals surface area contributed by atoms with Crippen molar-refractivity contribution >= 4 is 46.3 Å². The molecule has 30 heavy (non-hydrogen) atoms. The zero-order valence-corrected chi connectivity index (χ0v) is 17.9. The number of nitro groups is 1. The SMILES string of the molecule is COC(=O)c1ccc(C)c(NC(=O)c2ccc(Sc3nc(C)cs3)c([N+](=O)[O-])c2)c1. The van der Waals surface area contributed by atoms with Crippen molar-refractivity contribution in [2.24, 2.45) is 0 Å². The number of thiazole rings is 1. The highest BCUT2D eigenvalue weighted by atomic mass is 32.2. The van der Waals surface area contributed by atoms with Crippen LogP contribution in [0.1, 0.15) is 32.0 Å². The number of anilines is 1. The quantitative estimate of drug-likeness (QED) is 0.329. The van der Waals surface area contributed by atoms with Crippen molar-refractivity contribution in [3.63, 3.8) is 0 Å². The van der Waals surface area contributed by atoms with Gasteiger partial charge in [-0.25, -0.2) is 9.78 Å². The van der Waals surface area contributed by atoms with Crippen LogP contribution < -0.4 is 5.32 Å². The van der Waals surface area contributed by atoms with E-state index < -0.39 is 16.8 Å². The van der Waals surface area contributed by atoms with Crippen molar-refractivity contribution in [1.82, 2.24) is 4.98 Å². The van der Waals surface area contributed by atoms with Crippen LogP contribution in [-0.4, -0.2) is 28.9 Å². The van der Waals surface area contributed by atoms with Gasteiger partial charge < -0.3 is 10.1 Å². The summed E-state index contributed by atoms with van der Waals surface area (Å²) in [6.07, 6.45) is 0. The van der Waals surface area contributed by atoms with Crippen LogP contribution in [0.2, 0.25) is 0 Å². The van der Waals surface area contributed by atoms with Gasteiger partial charge in [-0.15, -0.1) is 11.3 Å². The van der Waals surface area contributed by atoms with Gasteiger partial charge >= 0.3 is 5.97 Å². The summed E-state index contributed by atoms with van der Waals surface area (Å²) >= 11 is 2.58. The lowest BCUT2D eigenvalue weighted by molar-refractivity contribution is -0.387. The molecule has 0 aliphatic carbocycles. The van der Waals surface area contributed by atoms with Crippen molar-refractivity contribution < 1.29 is 19.2 Å². The van der Waals surface area contributed by atoms with Gasteiger partial charge in [0.15, 0.2) is 4.34 Å². The molecule has 0 aliphatic heterocycles. The Labute approximate surface area is 180 Å². The Morgan fingerprint density at radius 3 is 2.53 bits per heavy atom. The van der Waals surface area contributed by atoms with Crippen molar-refractivity contribution in [1.29, 1.82) is 0 Å². The summed E-state index contributed by atoms with van der Waals surface area (Å²) in [5, 5.41) is 16.1. The number of carbonyl (C=O) groups is 2. The molecule has 3 aromatic rings. The van der Waals surface area contributed by atoms with Gasteiger partial charge in [-0.2, -0.15) is 0 Å². The zero-order chi connectivity index (χ0) is 21.8. The number of hydrogen-bond acceptors (Lipinski definition) is 8. The average Bonchev–Trinajstić information content (AvgIpc) is 3.13. The molecule has 1 N–H and O–H groups in total. The molecule has 0 unspecified atom stereocenters. The number of ether oxygens (including phenoxy) is 1. The predicted molar refractivity (Wildman–Crippen MR) is 115 cm³/mol. The number of aryl methyl sites for hydroxylation is 2. The molecule has 1 heterocycles. The third kappa shape index (κ3) is 4.84. The highest BCUT2D eigenvalue weighted by Gasteiger charge is 2.20. The highest BCUT2D eigenvalue weighted by molar-refractivity contribution is 8.01. The normalized spacial score (nSPS) is 10.5. The van der Waals surface area contributed by atoms with E-state index in [4.69, 9.17) is 4.74 Å². The van der Waals surface area contributed by atoms with Gasteiger partial charge in [0.2, 0.25) is 0 Å². The standard InChI is InChI=1S/C20H17N3O5S2/c1-11-4-5-14(19(25)28-3)8-15(11)22-18(24)13-6-7-17(16(9-13)23(26)27)30-20-21-12(2)10-29-20/h4-10H,1-3H3,(H,22,24). The molecule has 0 radical (unpaired) electrons. The second kappa shape index (κ2) is 9.06. The van der Waals surface area contributed by atoms with Crippen LogP contribution in [0.5, 0.6) is 0 Å². The summed E-state index contributed by atoms with van der Waals surface area (Å²) in [6, 6.07) is 9.06. The van der Waals surface area contributed by atoms with E-state index in [1.165, 1.54) is 54.5 Å². The maximum Gasteiger partial charge on any atom is 0.337 e. The molecule has 1 aromatic heterocycles. The molecule has 0 aliphatic rings. The topological polar surface area (TPSA) is 111 Å². The molecule has 0 saturated heterocycles. The number of amides is 1. The van der Waals surface area contributed by atoms with Gasteiger partial charge in [-0.05, 0) is 43.7 Å². The lowest BCUT2D eigenvalue weighted by Crippen LogP contribution is -2.14. The van der Waals surface area contributed by atoms with Gasteiger partial charge in [0, 0.05) is 28.4 Å². The fourth-order valence-corrected chi connectivity index (χ4v) is 4.44. The Bertz CT molecular complexity index is 1140. The summed E-state index contributed by atoms with van der Waals surface area (Å²) < 4.78 is 5.38. The van der Waals surface area contributed by atoms with Gasteiger partial charge in [0.05, 0.1) is 22.5 Å². The predicted octanol–water partition coefficient (Wildman–Crippen LogP) is 4.86. The van der Waals surface area contributed by atoms with Crippen LogP contribution >= 0.6 is 23.1 Å². The van der Waals surface area contributed by atoms with Crippen molar-refractivity contribution in [3.8, 4) is 0 Å². The molecule has 0 spiro atoms. The minimum atomic E-state index is -0.528. The van der Waals surface area contributed by atoms with Gasteiger partial charge in [0.1, 0.15) is 0 Å². The number of esters is 1. The molecular weight excluding hydrogens is 426 g/mol. The fraction of sp³-hybridized carbons (Fsp3) is 0.150. The van der Waals surface area contributed by atoms with Crippen LogP contribution in [-0.2, 0) is 4.74 Å². The number of nitrogens with zero attached hydrogens (tertiary/aromatic N) is 2. The molecular formula is C20H17N3O5S2. The molecule has 3 rings (SSSR count). The van der Waals surface area contributed by atoms with Crippen molar-refractivity contribution in [3.05, 3.63) is 74.3 Å². The molecule has 154 valence electrons. The molecule has 0 fully saturated rings. The Balaban J connectivity index is 1.87. The van der Waals surface area contributed by atoms with Crippen LogP contribution in [0.15, 0.2) is 51.0 Å². The third-order valence-electron chi connectivity index (χ3n) is 4.12.